The molecule has 1 amide bonds. The van der Waals surface area contributed by atoms with Gasteiger partial charge in [-0.3, -0.25) is 4.79 Å². The monoisotopic (exact) mass is 483 g/mol. The van der Waals surface area contributed by atoms with Crippen LogP contribution < -0.4 is 10.2 Å². The molecular weight excluding hydrogens is 450 g/mol. The van der Waals surface area contributed by atoms with Crippen molar-refractivity contribution in [1.29, 1.82) is 5.26 Å². The summed E-state index contributed by atoms with van der Waals surface area (Å²) in [5.41, 5.74) is 3.71. The highest BCUT2D eigenvalue weighted by molar-refractivity contribution is 5.86. The predicted molar refractivity (Wildman–Crippen MR) is 143 cm³/mol. The normalized spacial score (nSPS) is 15.2. The zero-order chi connectivity index (χ0) is 25.5. The molecule has 7 nitrogen and oxygen atoms in total. The third-order valence-electron chi connectivity index (χ3n) is 6.81. The number of phenolic OH excluding ortho intramolecular Hbond substituents is 1. The summed E-state index contributed by atoms with van der Waals surface area (Å²) in [5.74, 6) is 0.880. The third kappa shape index (κ3) is 5.67. The van der Waals surface area contributed by atoms with Crippen LogP contribution in [-0.4, -0.2) is 59.7 Å². The van der Waals surface area contributed by atoms with Gasteiger partial charge in [0.05, 0.1) is 17.3 Å². The maximum absolute atomic E-state index is 13.2. The summed E-state index contributed by atoms with van der Waals surface area (Å²) in [6.45, 7) is 8.35. The van der Waals surface area contributed by atoms with E-state index in [4.69, 9.17) is 4.98 Å². The molecule has 2 aromatic carbocycles. The largest absolute Gasteiger partial charge is 0.507 e. The zero-order valence-electron chi connectivity index (χ0n) is 20.9. The number of hydrogen-bond donors (Lipinski definition) is 2. The number of nitrogens with one attached hydrogen (secondary N) is 1. The molecule has 0 unspecified atom stereocenters. The Kier molecular flexibility index (Phi) is 8.19. The molecule has 0 saturated carbocycles. The van der Waals surface area contributed by atoms with Gasteiger partial charge in [0.15, 0.2) is 0 Å². The molecule has 0 bridgehead atoms. The predicted octanol–water partition coefficient (Wildman–Crippen LogP) is 4.42. The van der Waals surface area contributed by atoms with Crippen molar-refractivity contribution in [3.05, 3.63) is 66.2 Å². The lowest BCUT2D eigenvalue weighted by molar-refractivity contribution is -0.122. The Labute approximate surface area is 213 Å². The molecule has 2 heterocycles. The molecule has 0 aliphatic carbocycles. The topological polar surface area (TPSA) is 92.5 Å². The van der Waals surface area contributed by atoms with Crippen LogP contribution in [0, 0.1) is 11.3 Å². The molecule has 1 atom stereocenters. The Morgan fingerprint density at radius 3 is 2.58 bits per heavy atom. The summed E-state index contributed by atoms with van der Waals surface area (Å²) in [5, 5.41) is 22.8. The first-order valence-corrected chi connectivity index (χ1v) is 12.6. The van der Waals surface area contributed by atoms with Gasteiger partial charge in [-0.25, -0.2) is 4.98 Å². The molecule has 1 saturated heterocycles. The first-order valence-electron chi connectivity index (χ1n) is 12.6. The number of phenols is 1. The minimum atomic E-state index is -0.289. The van der Waals surface area contributed by atoms with Crippen LogP contribution in [0.25, 0.3) is 22.4 Å². The molecule has 1 aliphatic rings. The molecule has 2 N–H and O–H groups in total. The summed E-state index contributed by atoms with van der Waals surface area (Å²) in [6.07, 6.45) is 1.68. The van der Waals surface area contributed by atoms with E-state index in [1.807, 2.05) is 36.4 Å². The van der Waals surface area contributed by atoms with Gasteiger partial charge in [0, 0.05) is 25.2 Å². The SMILES string of the molecule is CCN(CC)CCNC(=O)[C@@H]1CCCN1c1cc(-c2ccc(C#N)cc2)cc(-c2ccccc2O)n1. The van der Waals surface area contributed by atoms with Crippen molar-refractivity contribution in [3.63, 3.8) is 0 Å². The van der Waals surface area contributed by atoms with Crippen LogP contribution in [0.15, 0.2) is 60.7 Å². The molecule has 3 aromatic rings. The van der Waals surface area contributed by atoms with Crippen molar-refractivity contribution >= 4 is 11.7 Å². The van der Waals surface area contributed by atoms with E-state index < -0.39 is 0 Å². The molecule has 36 heavy (non-hydrogen) atoms. The fourth-order valence-electron chi connectivity index (χ4n) is 4.70. The van der Waals surface area contributed by atoms with E-state index in [0.29, 0.717) is 29.2 Å². The Hall–Kier alpha value is -3.89. The summed E-state index contributed by atoms with van der Waals surface area (Å²) < 4.78 is 0. The van der Waals surface area contributed by atoms with Gasteiger partial charge in [-0.15, -0.1) is 0 Å². The standard InChI is InChI=1S/C29H33N5O2/c1-3-33(4-2)17-15-31-29(36)26-9-7-16-34(26)28-19-23(22-13-11-21(20-30)12-14-22)18-25(32-28)24-8-5-6-10-27(24)35/h5-6,8,10-14,18-19,26,35H,3-4,7,9,15-17H2,1-2H3,(H,31,36)/t26-/m0/s1. The van der Waals surface area contributed by atoms with Crippen molar-refractivity contribution in [2.75, 3.05) is 37.6 Å². The van der Waals surface area contributed by atoms with E-state index in [1.54, 1.807) is 24.3 Å². The van der Waals surface area contributed by atoms with Crippen molar-refractivity contribution in [2.45, 2.75) is 32.7 Å². The fraction of sp³-hybridized carbons (Fsp3) is 0.345. The second-order valence-corrected chi connectivity index (χ2v) is 8.97. The van der Waals surface area contributed by atoms with Crippen LogP contribution in [0.5, 0.6) is 5.75 Å². The first kappa shape index (κ1) is 25.2. The third-order valence-corrected chi connectivity index (χ3v) is 6.81. The molecular formula is C29H33N5O2. The van der Waals surface area contributed by atoms with Crippen LogP contribution >= 0.6 is 0 Å². The number of carbonyl (C=O) groups excluding carboxylic acids is 1. The quantitative estimate of drug-likeness (QED) is 0.468. The molecule has 1 aromatic heterocycles. The second kappa shape index (κ2) is 11.7. The van der Waals surface area contributed by atoms with E-state index in [1.165, 1.54) is 0 Å². The van der Waals surface area contributed by atoms with Crippen molar-refractivity contribution in [1.82, 2.24) is 15.2 Å². The van der Waals surface area contributed by atoms with Gasteiger partial charge in [0.1, 0.15) is 17.6 Å². The average molecular weight is 484 g/mol. The summed E-state index contributed by atoms with van der Waals surface area (Å²) in [6, 6.07) is 20.3. The Morgan fingerprint density at radius 1 is 1.14 bits per heavy atom. The lowest BCUT2D eigenvalue weighted by Gasteiger charge is -2.27. The molecule has 1 fully saturated rings. The number of aromatic nitrogens is 1. The minimum absolute atomic E-state index is 0.0225. The molecule has 1 aliphatic heterocycles. The number of aromatic hydroxyl groups is 1. The summed E-state index contributed by atoms with van der Waals surface area (Å²) in [4.78, 5) is 22.4. The smallest absolute Gasteiger partial charge is 0.242 e. The van der Waals surface area contributed by atoms with Gasteiger partial charge in [-0.2, -0.15) is 5.26 Å². The average Bonchev–Trinajstić information content (AvgIpc) is 3.41. The number of pyridine rings is 1. The Morgan fingerprint density at radius 2 is 1.89 bits per heavy atom. The summed E-state index contributed by atoms with van der Waals surface area (Å²) >= 11 is 0. The first-order chi connectivity index (χ1) is 17.5. The lowest BCUT2D eigenvalue weighted by Crippen LogP contribution is -2.45. The van der Waals surface area contributed by atoms with E-state index >= 15 is 0 Å². The summed E-state index contributed by atoms with van der Waals surface area (Å²) in [7, 11) is 0. The van der Waals surface area contributed by atoms with Crippen LogP contribution in [0.2, 0.25) is 0 Å². The maximum Gasteiger partial charge on any atom is 0.242 e. The van der Waals surface area contributed by atoms with Gasteiger partial charge in [-0.1, -0.05) is 38.1 Å². The molecule has 186 valence electrons. The second-order valence-electron chi connectivity index (χ2n) is 8.97. The number of hydrogen-bond acceptors (Lipinski definition) is 6. The van der Waals surface area contributed by atoms with Crippen molar-refractivity contribution in [3.8, 4) is 34.2 Å². The van der Waals surface area contributed by atoms with Crippen molar-refractivity contribution < 1.29 is 9.90 Å². The van der Waals surface area contributed by atoms with Gasteiger partial charge in [-0.05, 0) is 73.5 Å². The van der Waals surface area contributed by atoms with Gasteiger partial charge in [0.25, 0.3) is 0 Å². The number of carbonyl (C=O) groups is 1. The van der Waals surface area contributed by atoms with E-state index in [0.717, 1.165) is 50.1 Å². The molecule has 0 spiro atoms. The number of nitrogens with zero attached hydrogens (tertiary/aromatic N) is 4. The molecule has 0 radical (unpaired) electrons. The zero-order valence-corrected chi connectivity index (χ0v) is 20.9. The van der Waals surface area contributed by atoms with Crippen LogP contribution in [0.4, 0.5) is 5.82 Å². The molecule has 4 rings (SSSR count). The fourth-order valence-corrected chi connectivity index (χ4v) is 4.70. The van der Waals surface area contributed by atoms with E-state index in [9.17, 15) is 15.2 Å². The minimum Gasteiger partial charge on any atom is -0.507 e. The maximum atomic E-state index is 13.2. The van der Waals surface area contributed by atoms with Crippen LogP contribution in [0.1, 0.15) is 32.3 Å². The highest BCUT2D eigenvalue weighted by atomic mass is 16.3. The van der Waals surface area contributed by atoms with Gasteiger partial charge >= 0.3 is 0 Å². The lowest BCUT2D eigenvalue weighted by atomic mass is 10.0. The van der Waals surface area contributed by atoms with Gasteiger partial charge < -0.3 is 20.2 Å². The van der Waals surface area contributed by atoms with Crippen LogP contribution in [-0.2, 0) is 4.79 Å². The number of likely N-dealkylation sites (N-methyl/N-ethyl adjacent to an activating group) is 1. The number of amides is 1. The van der Waals surface area contributed by atoms with Gasteiger partial charge in [0.2, 0.25) is 5.91 Å². The number of para-hydroxylation sites is 1. The van der Waals surface area contributed by atoms with Crippen molar-refractivity contribution in [2.24, 2.45) is 0 Å². The molecule has 7 heteroatoms. The highest BCUT2D eigenvalue weighted by Crippen LogP contribution is 2.35. The number of nitriles is 1. The number of anilines is 1. The highest BCUT2D eigenvalue weighted by Gasteiger charge is 2.32. The number of benzene rings is 2. The van der Waals surface area contributed by atoms with E-state index in [-0.39, 0.29) is 17.7 Å². The number of rotatable bonds is 9. The van der Waals surface area contributed by atoms with Crippen LogP contribution in [0.3, 0.4) is 0 Å². The Bertz CT molecular complexity index is 1230. The van der Waals surface area contributed by atoms with E-state index in [2.05, 4.69) is 35.0 Å². The Balaban J connectivity index is 1.66.